The molecule has 0 radical (unpaired) electrons. The van der Waals surface area contributed by atoms with E-state index in [9.17, 15) is 0 Å². The zero-order valence-corrected chi connectivity index (χ0v) is 25.0. The summed E-state index contributed by atoms with van der Waals surface area (Å²) in [6.45, 7) is 28.8. The van der Waals surface area contributed by atoms with E-state index in [2.05, 4.69) is 126 Å². The van der Waals surface area contributed by atoms with Gasteiger partial charge in [0.2, 0.25) is 0 Å². The highest BCUT2D eigenvalue weighted by molar-refractivity contribution is 5.85. The van der Waals surface area contributed by atoms with E-state index in [-0.39, 0.29) is 27.1 Å². The maximum Gasteiger partial charge on any atom is 0.0258 e. The van der Waals surface area contributed by atoms with Gasteiger partial charge in [-0.05, 0) is 72.8 Å². The van der Waals surface area contributed by atoms with Gasteiger partial charge in [-0.1, -0.05) is 137 Å². The molecular formula is C36H48. The van der Waals surface area contributed by atoms with E-state index < -0.39 is 0 Å². The summed E-state index contributed by atoms with van der Waals surface area (Å²) in [6.07, 6.45) is 12.4. The molecule has 1 aromatic carbocycles. The second-order valence-corrected chi connectivity index (χ2v) is 15.9. The monoisotopic (exact) mass is 480 g/mol. The third-order valence-corrected chi connectivity index (χ3v) is 9.55. The van der Waals surface area contributed by atoms with Crippen molar-refractivity contribution in [2.24, 2.45) is 27.6 Å². The number of benzene rings is 1. The minimum Gasteiger partial charge on any atom is -0.0691 e. The van der Waals surface area contributed by atoms with Gasteiger partial charge in [-0.3, -0.25) is 0 Å². The molecule has 1 aromatic rings. The molecule has 2 unspecified atom stereocenters. The standard InChI is InChI=1S/C36H48/c1-32(2,3)22-13-15-25-26-16-14-23(33(4,5)6)18-28(26)31(27(25)17-22)36(12)21-35(10,11)29-19-24(20-30(29)36)34(7,8)9/h13-19,27H,20-21H2,1-12H3. The van der Waals surface area contributed by atoms with Crippen molar-refractivity contribution in [1.82, 2.24) is 0 Å². The first-order valence-electron chi connectivity index (χ1n) is 14.1. The Labute approximate surface area is 220 Å². The fourth-order valence-corrected chi connectivity index (χ4v) is 7.42. The molecule has 192 valence electrons. The molecule has 0 nitrogen and oxygen atoms in total. The Bertz CT molecular complexity index is 1390. The van der Waals surface area contributed by atoms with Crippen molar-refractivity contribution in [3.63, 3.8) is 0 Å². The predicted molar refractivity (Wildman–Crippen MR) is 157 cm³/mol. The highest BCUT2D eigenvalue weighted by Crippen LogP contribution is 2.64. The van der Waals surface area contributed by atoms with E-state index >= 15 is 0 Å². The number of fused-ring (bicyclic) bond motifs is 2. The normalized spacial score (nSPS) is 27.3. The Balaban J connectivity index is 1.80. The quantitative estimate of drug-likeness (QED) is 0.377. The molecule has 0 saturated carbocycles. The van der Waals surface area contributed by atoms with E-state index in [4.69, 9.17) is 0 Å². The zero-order chi connectivity index (χ0) is 26.6. The second kappa shape index (κ2) is 7.49. The van der Waals surface area contributed by atoms with E-state index in [0.29, 0.717) is 5.92 Å². The van der Waals surface area contributed by atoms with Gasteiger partial charge in [0.1, 0.15) is 0 Å². The van der Waals surface area contributed by atoms with Gasteiger partial charge in [0, 0.05) is 11.3 Å². The topological polar surface area (TPSA) is 0 Å². The van der Waals surface area contributed by atoms with Gasteiger partial charge < -0.3 is 0 Å². The summed E-state index contributed by atoms with van der Waals surface area (Å²) in [5.74, 6) is 0.362. The van der Waals surface area contributed by atoms with Crippen molar-refractivity contribution in [1.29, 1.82) is 0 Å². The van der Waals surface area contributed by atoms with Gasteiger partial charge in [-0.2, -0.15) is 0 Å². The molecule has 5 rings (SSSR count). The van der Waals surface area contributed by atoms with Crippen LogP contribution in [-0.4, -0.2) is 0 Å². The molecule has 0 heterocycles. The molecule has 0 heteroatoms. The van der Waals surface area contributed by atoms with Crippen LogP contribution in [0.15, 0.2) is 64.8 Å². The van der Waals surface area contributed by atoms with Gasteiger partial charge in [0.25, 0.3) is 0 Å². The Morgan fingerprint density at radius 2 is 1.44 bits per heavy atom. The smallest absolute Gasteiger partial charge is 0.0258 e. The molecule has 0 aliphatic heterocycles. The Hall–Kier alpha value is -2.08. The third kappa shape index (κ3) is 3.77. The van der Waals surface area contributed by atoms with Crippen molar-refractivity contribution < 1.29 is 0 Å². The third-order valence-electron chi connectivity index (χ3n) is 9.55. The maximum atomic E-state index is 2.62. The number of rotatable bonds is 1. The summed E-state index contributed by atoms with van der Waals surface area (Å²) in [6, 6.07) is 7.36. The fraction of sp³-hybridized carbons (Fsp3) is 0.556. The number of allylic oxidation sites excluding steroid dienone is 8. The van der Waals surface area contributed by atoms with Crippen LogP contribution in [0.2, 0.25) is 0 Å². The average Bonchev–Trinajstić information content (AvgIpc) is 3.36. The van der Waals surface area contributed by atoms with Gasteiger partial charge >= 0.3 is 0 Å². The van der Waals surface area contributed by atoms with E-state index in [1.165, 1.54) is 33.6 Å². The molecule has 4 aliphatic carbocycles. The molecular weight excluding hydrogens is 432 g/mol. The molecule has 0 fully saturated rings. The van der Waals surface area contributed by atoms with Crippen molar-refractivity contribution in [3.05, 3.63) is 80.8 Å². The van der Waals surface area contributed by atoms with Crippen molar-refractivity contribution in [3.8, 4) is 0 Å². The highest BCUT2D eigenvalue weighted by Gasteiger charge is 2.53. The van der Waals surface area contributed by atoms with E-state index in [0.717, 1.165) is 6.42 Å². The van der Waals surface area contributed by atoms with E-state index in [1.54, 1.807) is 22.3 Å². The van der Waals surface area contributed by atoms with E-state index in [1.807, 2.05) is 0 Å². The minimum atomic E-state index is 0.0602. The zero-order valence-electron chi connectivity index (χ0n) is 25.0. The van der Waals surface area contributed by atoms with Crippen LogP contribution in [0.25, 0.3) is 11.1 Å². The molecule has 2 atom stereocenters. The Kier molecular flexibility index (Phi) is 5.32. The molecule has 4 aliphatic rings. The first-order chi connectivity index (χ1) is 16.3. The largest absolute Gasteiger partial charge is 0.0691 e. The Morgan fingerprint density at radius 1 is 0.778 bits per heavy atom. The van der Waals surface area contributed by atoms with Crippen LogP contribution < -0.4 is 10.4 Å². The number of hydrogen-bond donors (Lipinski definition) is 0. The van der Waals surface area contributed by atoms with Crippen LogP contribution in [0.4, 0.5) is 0 Å². The van der Waals surface area contributed by atoms with Crippen LogP contribution in [-0.2, 0) is 5.41 Å². The molecule has 0 saturated heterocycles. The summed E-state index contributed by atoms with van der Waals surface area (Å²) in [5, 5.41) is 2.97. The summed E-state index contributed by atoms with van der Waals surface area (Å²) in [4.78, 5) is 0. The Morgan fingerprint density at radius 3 is 2.03 bits per heavy atom. The van der Waals surface area contributed by atoms with Gasteiger partial charge in [0.05, 0.1) is 0 Å². The van der Waals surface area contributed by atoms with Crippen LogP contribution in [0.5, 0.6) is 0 Å². The maximum absolute atomic E-state index is 2.62. The predicted octanol–water partition coefficient (Wildman–Crippen LogP) is 8.57. The van der Waals surface area contributed by atoms with Gasteiger partial charge in [0.15, 0.2) is 0 Å². The van der Waals surface area contributed by atoms with Crippen molar-refractivity contribution in [2.75, 3.05) is 0 Å². The van der Waals surface area contributed by atoms with Crippen LogP contribution in [0, 0.1) is 27.6 Å². The van der Waals surface area contributed by atoms with Crippen molar-refractivity contribution in [2.45, 2.75) is 101 Å². The first-order valence-corrected chi connectivity index (χ1v) is 14.1. The molecule has 0 spiro atoms. The highest BCUT2D eigenvalue weighted by atomic mass is 14.6. The van der Waals surface area contributed by atoms with Gasteiger partial charge in [-0.25, -0.2) is 0 Å². The molecule has 0 bridgehead atoms. The lowest BCUT2D eigenvalue weighted by Gasteiger charge is -2.38. The fourth-order valence-electron chi connectivity index (χ4n) is 7.42. The molecule has 36 heavy (non-hydrogen) atoms. The van der Waals surface area contributed by atoms with Crippen LogP contribution in [0.1, 0.15) is 101 Å². The number of hydrogen-bond acceptors (Lipinski definition) is 0. The SMILES string of the molecule is CC(C)(C)C1=CC2C(=c3ccc(C(C)(C)C)cc3=C2C2(C)CC(C)(C)C3=C2CC(C(C)(C)C)=C3)C=C1. The summed E-state index contributed by atoms with van der Waals surface area (Å²) >= 11 is 0. The second-order valence-electron chi connectivity index (χ2n) is 15.9. The van der Waals surface area contributed by atoms with Crippen LogP contribution >= 0.6 is 0 Å². The summed E-state index contributed by atoms with van der Waals surface area (Å²) < 4.78 is 0. The first kappa shape index (κ1) is 25.6. The molecule has 0 amide bonds. The minimum absolute atomic E-state index is 0.0602. The lowest BCUT2D eigenvalue weighted by molar-refractivity contribution is 0.343. The lowest BCUT2D eigenvalue weighted by atomic mass is 9.65. The van der Waals surface area contributed by atoms with Crippen molar-refractivity contribution >= 4 is 11.1 Å². The lowest BCUT2D eigenvalue weighted by Crippen LogP contribution is -2.33. The summed E-state index contributed by atoms with van der Waals surface area (Å²) in [5.41, 5.74) is 11.7. The molecule has 0 N–H and O–H groups in total. The molecule has 0 aromatic heterocycles. The van der Waals surface area contributed by atoms with Gasteiger partial charge in [-0.15, -0.1) is 0 Å². The van der Waals surface area contributed by atoms with Crippen LogP contribution in [0.3, 0.4) is 0 Å². The average molecular weight is 481 g/mol. The summed E-state index contributed by atoms with van der Waals surface area (Å²) in [7, 11) is 0.